The maximum Gasteiger partial charge on any atom is 0.106 e. The Morgan fingerprint density at radius 2 is 2.23 bits per heavy atom. The van der Waals surface area contributed by atoms with E-state index in [1.807, 2.05) is 6.07 Å². The van der Waals surface area contributed by atoms with E-state index >= 15 is 0 Å². The van der Waals surface area contributed by atoms with E-state index in [1.54, 1.807) is 7.11 Å². The van der Waals surface area contributed by atoms with Gasteiger partial charge < -0.3 is 4.84 Å². The van der Waals surface area contributed by atoms with Crippen LogP contribution in [-0.4, -0.2) is 12.8 Å². The van der Waals surface area contributed by atoms with Crippen molar-refractivity contribution in [2.24, 2.45) is 5.16 Å². The van der Waals surface area contributed by atoms with E-state index in [0.717, 1.165) is 23.0 Å². The topological polar surface area (TPSA) is 21.6 Å². The Labute approximate surface area is 85.7 Å². The number of oxime groups is 1. The molecule has 1 aliphatic rings. The van der Waals surface area contributed by atoms with Gasteiger partial charge in [0.15, 0.2) is 0 Å². The molecular formula is C10H10BrNO. The molecule has 1 aromatic rings. The Morgan fingerprint density at radius 1 is 1.38 bits per heavy atom. The number of hydrogen-bond donors (Lipinski definition) is 0. The highest BCUT2D eigenvalue weighted by molar-refractivity contribution is 9.10. The first-order valence-electron chi connectivity index (χ1n) is 4.20. The lowest BCUT2D eigenvalue weighted by molar-refractivity contribution is 0.213. The van der Waals surface area contributed by atoms with Crippen LogP contribution in [0.2, 0.25) is 0 Å². The van der Waals surface area contributed by atoms with Crippen molar-refractivity contribution in [1.82, 2.24) is 0 Å². The third kappa shape index (κ3) is 1.61. The van der Waals surface area contributed by atoms with E-state index in [9.17, 15) is 0 Å². The highest BCUT2D eigenvalue weighted by Crippen LogP contribution is 2.25. The first-order chi connectivity index (χ1) is 6.31. The average Bonchev–Trinajstić information content (AvgIpc) is 2.49. The summed E-state index contributed by atoms with van der Waals surface area (Å²) in [6.45, 7) is 0. The number of hydrogen-bond acceptors (Lipinski definition) is 2. The Balaban J connectivity index is 2.44. The van der Waals surface area contributed by atoms with Crippen LogP contribution in [0.25, 0.3) is 0 Å². The molecule has 0 unspecified atom stereocenters. The Hall–Kier alpha value is -0.830. The second kappa shape index (κ2) is 3.50. The molecule has 0 bridgehead atoms. The lowest BCUT2D eigenvalue weighted by Gasteiger charge is -1.99. The van der Waals surface area contributed by atoms with E-state index in [1.165, 1.54) is 11.1 Å². The third-order valence-electron chi connectivity index (χ3n) is 2.21. The fourth-order valence-corrected chi connectivity index (χ4v) is 2.05. The zero-order valence-electron chi connectivity index (χ0n) is 7.38. The van der Waals surface area contributed by atoms with Crippen molar-refractivity contribution < 1.29 is 4.84 Å². The molecule has 1 aromatic carbocycles. The average molecular weight is 240 g/mol. The van der Waals surface area contributed by atoms with E-state index < -0.39 is 0 Å². The molecule has 0 heterocycles. The quantitative estimate of drug-likeness (QED) is 0.691. The monoisotopic (exact) mass is 239 g/mol. The maximum absolute atomic E-state index is 4.79. The van der Waals surface area contributed by atoms with Crippen LogP contribution in [0.5, 0.6) is 0 Å². The highest BCUT2D eigenvalue weighted by atomic mass is 79.9. The second-order valence-corrected chi connectivity index (χ2v) is 3.94. The van der Waals surface area contributed by atoms with Gasteiger partial charge in [0.25, 0.3) is 0 Å². The number of aryl methyl sites for hydroxylation is 1. The molecule has 2 nitrogen and oxygen atoms in total. The minimum atomic E-state index is 0.986. The predicted molar refractivity (Wildman–Crippen MR) is 56.0 cm³/mol. The van der Waals surface area contributed by atoms with Gasteiger partial charge in [-0.05, 0) is 30.5 Å². The predicted octanol–water partition coefficient (Wildman–Crippen LogP) is 2.75. The summed E-state index contributed by atoms with van der Waals surface area (Å²) >= 11 is 3.45. The highest BCUT2D eigenvalue weighted by Gasteiger charge is 2.17. The van der Waals surface area contributed by atoms with Gasteiger partial charge >= 0.3 is 0 Å². The lowest BCUT2D eigenvalue weighted by Crippen LogP contribution is -1.94. The van der Waals surface area contributed by atoms with Crippen LogP contribution in [0.4, 0.5) is 0 Å². The van der Waals surface area contributed by atoms with Crippen LogP contribution in [-0.2, 0) is 11.3 Å². The molecule has 0 saturated heterocycles. The van der Waals surface area contributed by atoms with Crippen LogP contribution >= 0.6 is 15.9 Å². The number of benzene rings is 1. The second-order valence-electron chi connectivity index (χ2n) is 3.02. The van der Waals surface area contributed by atoms with Crippen molar-refractivity contribution in [1.29, 1.82) is 0 Å². The molecule has 3 heteroatoms. The van der Waals surface area contributed by atoms with Gasteiger partial charge in [0.05, 0.1) is 5.71 Å². The summed E-state index contributed by atoms with van der Waals surface area (Å²) < 4.78 is 1.13. The third-order valence-corrected chi connectivity index (χ3v) is 2.70. The fraction of sp³-hybridized carbons (Fsp3) is 0.300. The van der Waals surface area contributed by atoms with Gasteiger partial charge in [-0.15, -0.1) is 0 Å². The maximum atomic E-state index is 4.79. The molecular weight excluding hydrogens is 230 g/mol. The molecule has 2 rings (SSSR count). The first-order valence-corrected chi connectivity index (χ1v) is 4.99. The van der Waals surface area contributed by atoms with Crippen molar-refractivity contribution >= 4 is 21.6 Å². The minimum Gasteiger partial charge on any atom is -0.399 e. The van der Waals surface area contributed by atoms with Crippen LogP contribution in [0.1, 0.15) is 17.5 Å². The number of halogens is 1. The summed E-state index contributed by atoms with van der Waals surface area (Å²) in [5, 5.41) is 4.00. The summed E-state index contributed by atoms with van der Waals surface area (Å²) in [7, 11) is 1.59. The Bertz CT molecular complexity index is 360. The molecule has 0 aliphatic heterocycles. The van der Waals surface area contributed by atoms with E-state index in [-0.39, 0.29) is 0 Å². The molecule has 0 atom stereocenters. The largest absolute Gasteiger partial charge is 0.399 e. The van der Waals surface area contributed by atoms with Crippen LogP contribution in [0.15, 0.2) is 27.8 Å². The van der Waals surface area contributed by atoms with Crippen molar-refractivity contribution in [3.8, 4) is 0 Å². The molecule has 0 saturated carbocycles. The van der Waals surface area contributed by atoms with Gasteiger partial charge in [-0.25, -0.2) is 0 Å². The van der Waals surface area contributed by atoms with Crippen molar-refractivity contribution in [3.05, 3.63) is 33.8 Å². The summed E-state index contributed by atoms with van der Waals surface area (Å²) in [6.07, 6.45) is 2.05. The van der Waals surface area contributed by atoms with E-state index in [2.05, 4.69) is 33.2 Å². The zero-order valence-corrected chi connectivity index (χ0v) is 8.97. The van der Waals surface area contributed by atoms with Gasteiger partial charge in [-0.3, -0.25) is 0 Å². The minimum absolute atomic E-state index is 0.986. The van der Waals surface area contributed by atoms with Gasteiger partial charge in [0.2, 0.25) is 0 Å². The van der Waals surface area contributed by atoms with Crippen LogP contribution < -0.4 is 0 Å². The van der Waals surface area contributed by atoms with Crippen molar-refractivity contribution in [2.75, 3.05) is 7.11 Å². The molecule has 0 N–H and O–H groups in total. The van der Waals surface area contributed by atoms with Gasteiger partial charge in [0, 0.05) is 10.0 Å². The van der Waals surface area contributed by atoms with Gasteiger partial charge in [0.1, 0.15) is 7.11 Å². The van der Waals surface area contributed by atoms with E-state index in [4.69, 9.17) is 4.84 Å². The molecule has 0 fully saturated rings. The fourth-order valence-electron chi connectivity index (χ4n) is 1.64. The molecule has 0 radical (unpaired) electrons. The molecule has 13 heavy (non-hydrogen) atoms. The van der Waals surface area contributed by atoms with E-state index in [0.29, 0.717) is 0 Å². The molecule has 0 aromatic heterocycles. The normalized spacial score (nSPS) is 17.5. The summed E-state index contributed by atoms with van der Waals surface area (Å²) in [4.78, 5) is 4.79. The first kappa shape index (κ1) is 8.75. The smallest absolute Gasteiger partial charge is 0.106 e. The van der Waals surface area contributed by atoms with Gasteiger partial charge in [-0.2, -0.15) is 0 Å². The standard InChI is InChI=1S/C10H10BrNO/c1-13-12-10-5-2-7-6-8(11)3-4-9(7)10/h3-4,6H,2,5H2,1H3/b12-10-. The van der Waals surface area contributed by atoms with Crippen molar-refractivity contribution in [3.63, 3.8) is 0 Å². The summed E-state index contributed by atoms with van der Waals surface area (Å²) in [5.74, 6) is 0. The van der Waals surface area contributed by atoms with Crippen LogP contribution in [0.3, 0.4) is 0 Å². The Kier molecular flexibility index (Phi) is 2.36. The summed E-state index contributed by atoms with van der Waals surface area (Å²) in [5.41, 5.74) is 3.64. The molecule has 0 spiro atoms. The van der Waals surface area contributed by atoms with Crippen LogP contribution in [0, 0.1) is 0 Å². The molecule has 1 aliphatic carbocycles. The number of rotatable bonds is 1. The van der Waals surface area contributed by atoms with Gasteiger partial charge in [-0.1, -0.05) is 27.2 Å². The lowest BCUT2D eigenvalue weighted by atomic mass is 10.1. The Morgan fingerprint density at radius 3 is 3.00 bits per heavy atom. The SMILES string of the molecule is CO/N=C1/CCc2cc(Br)ccc21. The summed E-state index contributed by atoms with van der Waals surface area (Å²) in [6, 6.07) is 6.27. The zero-order chi connectivity index (χ0) is 9.26. The number of nitrogens with zero attached hydrogens (tertiary/aromatic N) is 1. The molecule has 68 valence electrons. The van der Waals surface area contributed by atoms with Crippen molar-refractivity contribution in [2.45, 2.75) is 12.8 Å². The number of fused-ring (bicyclic) bond motifs is 1. The molecule has 0 amide bonds.